The average molecular weight is 163 g/mol. The minimum absolute atomic E-state index is 0.686. The molecule has 0 aromatic carbocycles. The van der Waals surface area contributed by atoms with E-state index >= 15 is 0 Å². The molecule has 1 nitrogen and oxygen atoms in total. The molecule has 0 saturated carbocycles. The van der Waals surface area contributed by atoms with Gasteiger partial charge in [0, 0.05) is 0 Å². The second-order valence-corrected chi connectivity index (χ2v) is 3.51. The predicted molar refractivity (Wildman–Crippen MR) is 53.6 cm³/mol. The first kappa shape index (κ1) is 9.24. The summed E-state index contributed by atoms with van der Waals surface area (Å²) in [6.45, 7) is 6.36. The normalized spacial score (nSPS) is 24.1. The van der Waals surface area contributed by atoms with Crippen molar-refractivity contribution in [2.45, 2.75) is 33.6 Å². The topological polar surface area (TPSA) is 23.9 Å². The highest BCUT2D eigenvalue weighted by Crippen LogP contribution is 2.31. The van der Waals surface area contributed by atoms with Gasteiger partial charge in [0.1, 0.15) is 0 Å². The van der Waals surface area contributed by atoms with E-state index in [0.29, 0.717) is 11.6 Å². The Hall–Kier alpha value is -0.850. The van der Waals surface area contributed by atoms with Crippen molar-refractivity contribution >= 4 is 5.71 Å². The summed E-state index contributed by atoms with van der Waals surface area (Å²) >= 11 is 0. The summed E-state index contributed by atoms with van der Waals surface area (Å²) in [5.41, 5.74) is 3.39. The number of hydrogen-bond donors (Lipinski definition) is 1. The summed E-state index contributed by atoms with van der Waals surface area (Å²) < 4.78 is 0. The molecule has 66 valence electrons. The first-order chi connectivity index (χ1) is 5.66. The molecule has 1 rings (SSSR count). The van der Waals surface area contributed by atoms with E-state index in [0.717, 1.165) is 6.42 Å². The van der Waals surface area contributed by atoms with Crippen LogP contribution in [0.25, 0.3) is 0 Å². The highest BCUT2D eigenvalue weighted by Gasteiger charge is 2.19. The largest absolute Gasteiger partial charge is 0.301 e. The van der Waals surface area contributed by atoms with Gasteiger partial charge in [-0.2, -0.15) is 0 Å². The van der Waals surface area contributed by atoms with Gasteiger partial charge in [-0.1, -0.05) is 18.6 Å². The maximum absolute atomic E-state index is 7.76. The van der Waals surface area contributed by atoms with E-state index in [1.54, 1.807) is 0 Å². The predicted octanol–water partition coefficient (Wildman–Crippen LogP) is 3.33. The smallest absolute Gasteiger partial charge is 0.0568 e. The second-order valence-electron chi connectivity index (χ2n) is 3.51. The van der Waals surface area contributed by atoms with Gasteiger partial charge in [-0.15, -0.1) is 0 Å². The molecule has 0 aliphatic heterocycles. The highest BCUT2D eigenvalue weighted by atomic mass is 14.4. The summed E-state index contributed by atoms with van der Waals surface area (Å²) in [7, 11) is 0. The third-order valence-corrected chi connectivity index (χ3v) is 2.70. The Morgan fingerprint density at radius 1 is 1.58 bits per heavy atom. The van der Waals surface area contributed by atoms with Gasteiger partial charge < -0.3 is 5.41 Å². The molecule has 0 spiro atoms. The molecule has 0 radical (unpaired) electrons. The lowest BCUT2D eigenvalue weighted by Gasteiger charge is -2.03. The fourth-order valence-corrected chi connectivity index (χ4v) is 1.69. The van der Waals surface area contributed by atoms with Crippen LogP contribution in [0.2, 0.25) is 0 Å². The summed E-state index contributed by atoms with van der Waals surface area (Å²) in [4.78, 5) is 0. The van der Waals surface area contributed by atoms with Gasteiger partial charge in [-0.05, 0) is 44.3 Å². The lowest BCUT2D eigenvalue weighted by atomic mass is 10.0. The Morgan fingerprint density at radius 2 is 2.25 bits per heavy atom. The van der Waals surface area contributed by atoms with Gasteiger partial charge in [0.05, 0.1) is 5.71 Å². The van der Waals surface area contributed by atoms with Gasteiger partial charge in [0.2, 0.25) is 0 Å². The lowest BCUT2D eigenvalue weighted by Crippen LogP contribution is -1.96. The van der Waals surface area contributed by atoms with Crippen LogP contribution in [0.3, 0.4) is 0 Å². The summed E-state index contributed by atoms with van der Waals surface area (Å²) in [5.74, 6) is 0.686. The second kappa shape index (κ2) is 3.70. The van der Waals surface area contributed by atoms with E-state index in [1.807, 2.05) is 19.1 Å². The van der Waals surface area contributed by atoms with Crippen molar-refractivity contribution in [3.63, 3.8) is 0 Å². The van der Waals surface area contributed by atoms with Crippen LogP contribution in [0.5, 0.6) is 0 Å². The van der Waals surface area contributed by atoms with E-state index in [2.05, 4.69) is 13.8 Å². The molecule has 1 N–H and O–H groups in total. The third-order valence-electron chi connectivity index (χ3n) is 2.70. The maximum Gasteiger partial charge on any atom is 0.0568 e. The van der Waals surface area contributed by atoms with Crippen LogP contribution in [-0.2, 0) is 0 Å². The summed E-state index contributed by atoms with van der Waals surface area (Å²) in [6, 6.07) is 0. The van der Waals surface area contributed by atoms with Crippen LogP contribution in [-0.4, -0.2) is 5.71 Å². The molecule has 0 aromatic rings. The number of nitrogens with one attached hydrogen (secondary N) is 1. The molecule has 0 heterocycles. The zero-order valence-electron chi connectivity index (χ0n) is 8.15. The molecule has 0 saturated heterocycles. The van der Waals surface area contributed by atoms with E-state index in [-0.39, 0.29) is 0 Å². The molecule has 1 atom stereocenters. The molecule has 12 heavy (non-hydrogen) atoms. The van der Waals surface area contributed by atoms with E-state index in [1.165, 1.54) is 17.6 Å². The van der Waals surface area contributed by atoms with Crippen molar-refractivity contribution in [1.29, 1.82) is 5.41 Å². The first-order valence-corrected chi connectivity index (χ1v) is 4.58. The van der Waals surface area contributed by atoms with Crippen molar-refractivity contribution in [2.75, 3.05) is 0 Å². The summed E-state index contributed by atoms with van der Waals surface area (Å²) in [6.07, 6.45) is 6.14. The quantitative estimate of drug-likeness (QED) is 0.604. The van der Waals surface area contributed by atoms with Gasteiger partial charge in [-0.3, -0.25) is 0 Å². The SMILES string of the molecule is C/C=C\C(=N)C1=C(C)C(C)CC1. The number of hydrogen-bond acceptors (Lipinski definition) is 1. The van der Waals surface area contributed by atoms with Crippen LogP contribution in [0, 0.1) is 11.3 Å². The Bertz CT molecular complexity index is 246. The van der Waals surface area contributed by atoms with E-state index in [4.69, 9.17) is 5.41 Å². The fourth-order valence-electron chi connectivity index (χ4n) is 1.69. The maximum atomic E-state index is 7.76. The molecule has 1 aliphatic rings. The Morgan fingerprint density at radius 3 is 2.67 bits per heavy atom. The minimum Gasteiger partial charge on any atom is -0.301 e. The molecular formula is C11H17N. The zero-order chi connectivity index (χ0) is 9.14. The van der Waals surface area contributed by atoms with Gasteiger partial charge in [0.15, 0.2) is 0 Å². The zero-order valence-corrected chi connectivity index (χ0v) is 8.15. The van der Waals surface area contributed by atoms with Crippen molar-refractivity contribution in [3.8, 4) is 0 Å². The van der Waals surface area contributed by atoms with Gasteiger partial charge >= 0.3 is 0 Å². The van der Waals surface area contributed by atoms with Crippen LogP contribution in [0.1, 0.15) is 33.6 Å². The monoisotopic (exact) mass is 163 g/mol. The van der Waals surface area contributed by atoms with Crippen LogP contribution >= 0.6 is 0 Å². The average Bonchev–Trinajstić information content (AvgIpc) is 2.34. The van der Waals surface area contributed by atoms with Crippen molar-refractivity contribution < 1.29 is 0 Å². The summed E-state index contributed by atoms with van der Waals surface area (Å²) in [5, 5.41) is 7.76. The first-order valence-electron chi connectivity index (χ1n) is 4.58. The Kier molecular flexibility index (Phi) is 2.85. The fraction of sp³-hybridized carbons (Fsp3) is 0.545. The molecule has 1 heteroatoms. The molecule has 0 amide bonds. The third kappa shape index (κ3) is 1.66. The highest BCUT2D eigenvalue weighted by molar-refractivity contribution is 6.06. The molecule has 0 fully saturated rings. The Balaban J connectivity index is 2.82. The lowest BCUT2D eigenvalue weighted by molar-refractivity contribution is 0.670. The van der Waals surface area contributed by atoms with Crippen molar-refractivity contribution in [2.24, 2.45) is 5.92 Å². The minimum atomic E-state index is 0.686. The Labute approximate surface area is 74.7 Å². The molecule has 1 aliphatic carbocycles. The molecule has 0 bridgehead atoms. The van der Waals surface area contributed by atoms with Crippen molar-refractivity contribution in [1.82, 2.24) is 0 Å². The standard InChI is InChI=1S/C11H17N/c1-4-5-11(12)10-7-6-8(2)9(10)3/h4-5,8,12H,6-7H2,1-3H3/b5-4-,12-11?. The molecule has 1 unspecified atom stereocenters. The number of rotatable bonds is 2. The van der Waals surface area contributed by atoms with Crippen LogP contribution < -0.4 is 0 Å². The van der Waals surface area contributed by atoms with Crippen LogP contribution in [0.15, 0.2) is 23.3 Å². The molecule has 0 aromatic heterocycles. The molecular weight excluding hydrogens is 146 g/mol. The van der Waals surface area contributed by atoms with Gasteiger partial charge in [-0.25, -0.2) is 0 Å². The number of allylic oxidation sites excluding steroid dienone is 4. The van der Waals surface area contributed by atoms with Gasteiger partial charge in [0.25, 0.3) is 0 Å². The van der Waals surface area contributed by atoms with E-state index < -0.39 is 0 Å². The van der Waals surface area contributed by atoms with Crippen molar-refractivity contribution in [3.05, 3.63) is 23.3 Å². The van der Waals surface area contributed by atoms with Crippen LogP contribution in [0.4, 0.5) is 0 Å². The van der Waals surface area contributed by atoms with E-state index in [9.17, 15) is 0 Å².